The Labute approximate surface area is 123 Å². The van der Waals surface area contributed by atoms with Crippen LogP contribution >= 0.6 is 31.9 Å². The van der Waals surface area contributed by atoms with Gasteiger partial charge in [-0.25, -0.2) is 4.98 Å². The summed E-state index contributed by atoms with van der Waals surface area (Å²) in [6.07, 6.45) is 1.72. The highest BCUT2D eigenvalue weighted by atomic mass is 79.9. The van der Waals surface area contributed by atoms with Crippen LogP contribution in [0.4, 0.5) is 17.2 Å². The van der Waals surface area contributed by atoms with Crippen molar-refractivity contribution in [1.82, 2.24) is 4.98 Å². The summed E-state index contributed by atoms with van der Waals surface area (Å²) in [4.78, 5) is 4.28. The van der Waals surface area contributed by atoms with Crippen molar-refractivity contribution in [3.63, 3.8) is 0 Å². The number of anilines is 3. The zero-order valence-corrected chi connectivity index (χ0v) is 13.3. The first-order chi connectivity index (χ1) is 8.47. The van der Waals surface area contributed by atoms with E-state index in [9.17, 15) is 0 Å². The number of benzene rings is 1. The van der Waals surface area contributed by atoms with Crippen LogP contribution < -0.4 is 11.1 Å². The van der Waals surface area contributed by atoms with Crippen molar-refractivity contribution >= 4 is 49.1 Å². The summed E-state index contributed by atoms with van der Waals surface area (Å²) in [6.45, 7) is 4.10. The van der Waals surface area contributed by atoms with Crippen molar-refractivity contribution < 1.29 is 0 Å². The summed E-state index contributed by atoms with van der Waals surface area (Å²) in [5.74, 6) is 0.673. The molecule has 2 aromatic rings. The molecule has 3 N–H and O–H groups in total. The molecule has 94 valence electrons. The normalized spacial score (nSPS) is 10.4. The van der Waals surface area contributed by atoms with Gasteiger partial charge in [0, 0.05) is 20.8 Å². The molecule has 0 aliphatic carbocycles. The van der Waals surface area contributed by atoms with Crippen molar-refractivity contribution in [2.45, 2.75) is 13.8 Å². The molecule has 0 saturated carbocycles. The molecule has 5 heteroatoms. The van der Waals surface area contributed by atoms with Crippen molar-refractivity contribution in [2.75, 3.05) is 11.1 Å². The van der Waals surface area contributed by atoms with Crippen LogP contribution in [-0.4, -0.2) is 4.98 Å². The van der Waals surface area contributed by atoms with Gasteiger partial charge in [0.2, 0.25) is 0 Å². The molecule has 1 aromatic heterocycles. The van der Waals surface area contributed by atoms with Crippen LogP contribution in [0.2, 0.25) is 0 Å². The Kier molecular flexibility index (Phi) is 3.92. The number of nitrogens with two attached hydrogens (primary N) is 1. The van der Waals surface area contributed by atoms with E-state index in [0.717, 1.165) is 25.8 Å². The van der Waals surface area contributed by atoms with E-state index in [0.29, 0.717) is 11.5 Å². The minimum Gasteiger partial charge on any atom is -0.396 e. The van der Waals surface area contributed by atoms with Crippen LogP contribution in [0.1, 0.15) is 11.1 Å². The number of hydrogen-bond acceptors (Lipinski definition) is 3. The molecule has 1 aromatic carbocycles. The highest BCUT2D eigenvalue weighted by Crippen LogP contribution is 2.30. The minimum absolute atomic E-state index is 0.617. The zero-order valence-electron chi connectivity index (χ0n) is 10.1. The Hall–Kier alpha value is -1.07. The molecular formula is C13H13Br2N3. The lowest BCUT2D eigenvalue weighted by Crippen LogP contribution is -2.02. The summed E-state index contributed by atoms with van der Waals surface area (Å²) in [5.41, 5.74) is 9.88. The molecule has 0 aliphatic rings. The molecule has 2 rings (SSSR count). The second-order valence-corrected chi connectivity index (χ2v) is 5.96. The highest BCUT2D eigenvalue weighted by molar-refractivity contribution is 9.10. The molecule has 0 saturated heterocycles. The van der Waals surface area contributed by atoms with Crippen LogP contribution in [0.15, 0.2) is 33.3 Å². The Bertz CT molecular complexity index is 574. The standard InChI is InChI=1S/C13H13Br2N3/c1-7-3-9(14)4-8(2)12(7)18-13-11(16)5-10(15)6-17-13/h3-6H,16H2,1-2H3,(H,17,18). The lowest BCUT2D eigenvalue weighted by atomic mass is 10.1. The van der Waals surface area contributed by atoms with Gasteiger partial charge in [-0.05, 0) is 59.1 Å². The van der Waals surface area contributed by atoms with Crippen LogP contribution in [0.5, 0.6) is 0 Å². The van der Waals surface area contributed by atoms with Gasteiger partial charge in [-0.3, -0.25) is 0 Å². The maximum Gasteiger partial charge on any atom is 0.153 e. The van der Waals surface area contributed by atoms with Gasteiger partial charge in [0.25, 0.3) is 0 Å². The highest BCUT2D eigenvalue weighted by Gasteiger charge is 2.07. The number of aromatic nitrogens is 1. The number of rotatable bonds is 2. The summed E-state index contributed by atoms with van der Waals surface area (Å²) in [6, 6.07) is 5.95. The number of nitrogens with one attached hydrogen (secondary N) is 1. The molecule has 0 amide bonds. The Morgan fingerprint density at radius 1 is 1.06 bits per heavy atom. The molecule has 0 bridgehead atoms. The predicted molar refractivity (Wildman–Crippen MR) is 83.2 cm³/mol. The Balaban J connectivity index is 2.40. The second kappa shape index (κ2) is 5.28. The van der Waals surface area contributed by atoms with E-state index < -0.39 is 0 Å². The molecule has 0 aliphatic heterocycles. The fourth-order valence-electron chi connectivity index (χ4n) is 1.79. The third-order valence-corrected chi connectivity index (χ3v) is 3.52. The van der Waals surface area contributed by atoms with E-state index in [1.54, 1.807) is 6.20 Å². The number of nitrogen functional groups attached to an aromatic ring is 1. The lowest BCUT2D eigenvalue weighted by Gasteiger charge is -2.14. The number of hydrogen-bond donors (Lipinski definition) is 2. The van der Waals surface area contributed by atoms with Crippen LogP contribution in [0.25, 0.3) is 0 Å². The minimum atomic E-state index is 0.617. The summed E-state index contributed by atoms with van der Waals surface area (Å²) < 4.78 is 1.94. The molecule has 18 heavy (non-hydrogen) atoms. The molecule has 3 nitrogen and oxygen atoms in total. The van der Waals surface area contributed by atoms with E-state index in [1.807, 2.05) is 6.07 Å². The average molecular weight is 371 g/mol. The van der Waals surface area contributed by atoms with E-state index in [-0.39, 0.29) is 0 Å². The molecule has 0 spiro atoms. The van der Waals surface area contributed by atoms with Crippen molar-refractivity contribution in [3.05, 3.63) is 44.5 Å². The third-order valence-electron chi connectivity index (χ3n) is 2.62. The van der Waals surface area contributed by atoms with E-state index in [1.165, 1.54) is 0 Å². The van der Waals surface area contributed by atoms with Crippen LogP contribution in [0.3, 0.4) is 0 Å². The van der Waals surface area contributed by atoms with E-state index in [4.69, 9.17) is 5.73 Å². The van der Waals surface area contributed by atoms with Crippen LogP contribution in [0, 0.1) is 13.8 Å². The van der Waals surface area contributed by atoms with Crippen molar-refractivity contribution in [2.24, 2.45) is 0 Å². The largest absolute Gasteiger partial charge is 0.396 e. The first-order valence-electron chi connectivity index (χ1n) is 5.42. The monoisotopic (exact) mass is 369 g/mol. The Morgan fingerprint density at radius 3 is 2.22 bits per heavy atom. The zero-order chi connectivity index (χ0) is 13.3. The lowest BCUT2D eigenvalue weighted by molar-refractivity contribution is 1.27. The quantitative estimate of drug-likeness (QED) is 0.815. The maximum absolute atomic E-state index is 5.94. The molecule has 0 atom stereocenters. The Morgan fingerprint density at radius 2 is 1.67 bits per heavy atom. The smallest absolute Gasteiger partial charge is 0.153 e. The van der Waals surface area contributed by atoms with Gasteiger partial charge in [0.1, 0.15) is 0 Å². The topological polar surface area (TPSA) is 50.9 Å². The second-order valence-electron chi connectivity index (χ2n) is 4.13. The first-order valence-corrected chi connectivity index (χ1v) is 7.01. The summed E-state index contributed by atoms with van der Waals surface area (Å²) in [7, 11) is 0. The maximum atomic E-state index is 5.94. The van der Waals surface area contributed by atoms with Gasteiger partial charge < -0.3 is 11.1 Å². The SMILES string of the molecule is Cc1cc(Br)cc(C)c1Nc1ncc(Br)cc1N. The van der Waals surface area contributed by atoms with Gasteiger partial charge in [-0.1, -0.05) is 15.9 Å². The predicted octanol–water partition coefficient (Wildman–Crippen LogP) is 4.55. The van der Waals surface area contributed by atoms with Gasteiger partial charge in [0.15, 0.2) is 5.82 Å². The third kappa shape index (κ3) is 2.84. The number of aryl methyl sites for hydroxylation is 2. The molecule has 1 heterocycles. The van der Waals surface area contributed by atoms with E-state index >= 15 is 0 Å². The van der Waals surface area contributed by atoms with E-state index in [2.05, 4.69) is 68.1 Å². The van der Waals surface area contributed by atoms with Gasteiger partial charge >= 0.3 is 0 Å². The fourth-order valence-corrected chi connectivity index (χ4v) is 2.82. The number of halogens is 2. The van der Waals surface area contributed by atoms with Gasteiger partial charge in [0.05, 0.1) is 5.69 Å². The van der Waals surface area contributed by atoms with Crippen molar-refractivity contribution in [1.29, 1.82) is 0 Å². The fraction of sp³-hybridized carbons (Fsp3) is 0.154. The number of nitrogens with zero attached hydrogens (tertiary/aromatic N) is 1. The van der Waals surface area contributed by atoms with Crippen molar-refractivity contribution in [3.8, 4) is 0 Å². The summed E-state index contributed by atoms with van der Waals surface area (Å²) >= 11 is 6.83. The molecule has 0 fully saturated rings. The first kappa shape index (κ1) is 13.4. The average Bonchev–Trinajstić information content (AvgIpc) is 2.25. The molecular weight excluding hydrogens is 358 g/mol. The van der Waals surface area contributed by atoms with Crippen LogP contribution in [-0.2, 0) is 0 Å². The molecule has 0 radical (unpaired) electrons. The summed E-state index contributed by atoms with van der Waals surface area (Å²) in [5, 5.41) is 3.29. The number of pyridine rings is 1. The van der Waals surface area contributed by atoms with Gasteiger partial charge in [-0.2, -0.15) is 0 Å². The molecule has 0 unspecified atom stereocenters. The van der Waals surface area contributed by atoms with Gasteiger partial charge in [-0.15, -0.1) is 0 Å².